The van der Waals surface area contributed by atoms with Crippen molar-refractivity contribution in [3.05, 3.63) is 59.5 Å². The van der Waals surface area contributed by atoms with Crippen molar-refractivity contribution in [2.45, 2.75) is 6.92 Å². The van der Waals surface area contributed by atoms with Gasteiger partial charge in [-0.1, -0.05) is 40.9 Å². The van der Waals surface area contributed by atoms with Crippen LogP contribution in [0, 0.1) is 0 Å². The highest BCUT2D eigenvalue weighted by molar-refractivity contribution is 7.08. The van der Waals surface area contributed by atoms with Crippen LogP contribution in [0.5, 0.6) is 0 Å². The Balaban J connectivity index is 1.82. The second-order valence-electron chi connectivity index (χ2n) is 5.03. The van der Waals surface area contributed by atoms with E-state index in [0.29, 0.717) is 21.9 Å². The number of hydrogen-bond acceptors (Lipinski definition) is 5. The number of benzene rings is 2. The minimum atomic E-state index is -0.288. The molecule has 0 saturated heterocycles. The van der Waals surface area contributed by atoms with E-state index in [1.165, 1.54) is 6.92 Å². The molecule has 0 aliphatic heterocycles. The van der Waals surface area contributed by atoms with Crippen molar-refractivity contribution >= 4 is 34.7 Å². The van der Waals surface area contributed by atoms with E-state index < -0.39 is 0 Å². The maximum atomic E-state index is 12.5. The highest BCUT2D eigenvalue weighted by Gasteiger charge is 2.17. The molecule has 0 radical (unpaired) electrons. The minimum absolute atomic E-state index is 0.170. The summed E-state index contributed by atoms with van der Waals surface area (Å²) in [6.07, 6.45) is 0. The first-order chi connectivity index (χ1) is 11.6. The predicted octanol–water partition coefficient (Wildman–Crippen LogP) is 3.42. The van der Waals surface area contributed by atoms with Gasteiger partial charge in [0.1, 0.15) is 10.6 Å². The van der Waals surface area contributed by atoms with E-state index in [9.17, 15) is 9.59 Å². The molecule has 3 aromatic rings. The molecule has 7 heteroatoms. The van der Waals surface area contributed by atoms with Crippen molar-refractivity contribution in [3.63, 3.8) is 0 Å². The molecule has 2 amide bonds. The van der Waals surface area contributed by atoms with Gasteiger partial charge in [0.05, 0.1) is 0 Å². The van der Waals surface area contributed by atoms with E-state index in [1.807, 2.05) is 30.3 Å². The van der Waals surface area contributed by atoms with Crippen LogP contribution in [0.3, 0.4) is 0 Å². The third-order valence-corrected chi connectivity index (χ3v) is 3.91. The van der Waals surface area contributed by atoms with Gasteiger partial charge in [-0.05, 0) is 29.7 Å². The number of carbonyl (C=O) groups is 2. The Bertz CT molecular complexity index is 877. The molecule has 2 N–H and O–H groups in total. The Hall–Kier alpha value is -3.06. The van der Waals surface area contributed by atoms with Gasteiger partial charge in [0, 0.05) is 23.9 Å². The Morgan fingerprint density at radius 3 is 2.38 bits per heavy atom. The second-order valence-corrected chi connectivity index (χ2v) is 5.79. The summed E-state index contributed by atoms with van der Waals surface area (Å²) >= 11 is 1.04. The van der Waals surface area contributed by atoms with E-state index in [4.69, 9.17) is 0 Å². The van der Waals surface area contributed by atoms with Crippen LogP contribution in [0.25, 0.3) is 11.3 Å². The van der Waals surface area contributed by atoms with E-state index in [-0.39, 0.29) is 11.8 Å². The fraction of sp³-hybridized carbons (Fsp3) is 0.0588. The lowest BCUT2D eigenvalue weighted by molar-refractivity contribution is -0.114. The summed E-state index contributed by atoms with van der Waals surface area (Å²) in [6.45, 7) is 1.43. The Morgan fingerprint density at radius 2 is 1.67 bits per heavy atom. The number of aromatic nitrogens is 2. The van der Waals surface area contributed by atoms with Crippen LogP contribution in [-0.4, -0.2) is 21.4 Å². The van der Waals surface area contributed by atoms with Gasteiger partial charge in [-0.15, -0.1) is 5.10 Å². The summed E-state index contributed by atoms with van der Waals surface area (Å²) in [5.41, 5.74) is 2.59. The van der Waals surface area contributed by atoms with Gasteiger partial charge in [0.2, 0.25) is 5.91 Å². The SMILES string of the molecule is CC(=O)Nc1cccc(NC(=O)c2snnc2-c2ccccc2)c1. The molecule has 24 heavy (non-hydrogen) atoms. The molecule has 0 spiro atoms. The third kappa shape index (κ3) is 3.64. The Labute approximate surface area is 142 Å². The molecular formula is C17H14N4O2S. The predicted molar refractivity (Wildman–Crippen MR) is 94.0 cm³/mol. The van der Waals surface area contributed by atoms with Crippen LogP contribution in [0.1, 0.15) is 16.6 Å². The number of nitrogens with zero attached hydrogens (tertiary/aromatic N) is 2. The van der Waals surface area contributed by atoms with Crippen molar-refractivity contribution in [2.24, 2.45) is 0 Å². The number of hydrogen-bond donors (Lipinski definition) is 2. The average molecular weight is 338 g/mol. The summed E-state index contributed by atoms with van der Waals surface area (Å²) in [5, 5.41) is 9.54. The fourth-order valence-electron chi connectivity index (χ4n) is 2.19. The summed E-state index contributed by atoms with van der Waals surface area (Å²) < 4.78 is 3.89. The zero-order chi connectivity index (χ0) is 16.9. The van der Waals surface area contributed by atoms with E-state index in [2.05, 4.69) is 20.2 Å². The lowest BCUT2D eigenvalue weighted by atomic mass is 10.1. The van der Waals surface area contributed by atoms with Gasteiger partial charge >= 0.3 is 0 Å². The second kappa shape index (κ2) is 7.01. The molecule has 6 nitrogen and oxygen atoms in total. The summed E-state index contributed by atoms with van der Waals surface area (Å²) in [6, 6.07) is 16.4. The standard InChI is InChI=1S/C17H14N4O2S/c1-11(22)18-13-8-5-9-14(10-13)19-17(23)16-15(20-21-24-16)12-6-3-2-4-7-12/h2-10H,1H3,(H,18,22)(H,19,23). The largest absolute Gasteiger partial charge is 0.326 e. The summed E-state index contributed by atoms with van der Waals surface area (Å²) in [5.74, 6) is -0.458. The normalized spacial score (nSPS) is 10.2. The smallest absolute Gasteiger partial charge is 0.269 e. The van der Waals surface area contributed by atoms with Crippen LogP contribution in [0.2, 0.25) is 0 Å². The average Bonchev–Trinajstić information content (AvgIpc) is 3.05. The molecule has 0 fully saturated rings. The van der Waals surface area contributed by atoms with Crippen molar-refractivity contribution < 1.29 is 9.59 Å². The zero-order valence-electron chi connectivity index (χ0n) is 12.8. The number of rotatable bonds is 4. The van der Waals surface area contributed by atoms with Crippen molar-refractivity contribution in [1.29, 1.82) is 0 Å². The first-order valence-corrected chi connectivity index (χ1v) is 7.97. The van der Waals surface area contributed by atoms with Crippen molar-refractivity contribution in [2.75, 3.05) is 10.6 Å². The molecule has 0 bridgehead atoms. The lowest BCUT2D eigenvalue weighted by Crippen LogP contribution is -2.12. The first kappa shape index (κ1) is 15.8. The monoisotopic (exact) mass is 338 g/mol. The number of carbonyl (C=O) groups excluding carboxylic acids is 2. The van der Waals surface area contributed by atoms with Crippen LogP contribution < -0.4 is 10.6 Å². The van der Waals surface area contributed by atoms with Gasteiger partial charge in [0.25, 0.3) is 5.91 Å². The van der Waals surface area contributed by atoms with Crippen LogP contribution in [0.4, 0.5) is 11.4 Å². The van der Waals surface area contributed by atoms with Crippen molar-refractivity contribution in [1.82, 2.24) is 9.59 Å². The van der Waals surface area contributed by atoms with Gasteiger partial charge in [0.15, 0.2) is 0 Å². The molecule has 1 aromatic heterocycles. The molecule has 0 aliphatic carbocycles. The first-order valence-electron chi connectivity index (χ1n) is 7.20. The highest BCUT2D eigenvalue weighted by Crippen LogP contribution is 2.25. The lowest BCUT2D eigenvalue weighted by Gasteiger charge is -2.07. The number of nitrogens with one attached hydrogen (secondary N) is 2. The van der Waals surface area contributed by atoms with E-state index >= 15 is 0 Å². The van der Waals surface area contributed by atoms with E-state index in [0.717, 1.165) is 17.1 Å². The van der Waals surface area contributed by atoms with Crippen molar-refractivity contribution in [3.8, 4) is 11.3 Å². The summed E-state index contributed by atoms with van der Waals surface area (Å²) in [4.78, 5) is 24.1. The quantitative estimate of drug-likeness (QED) is 0.763. The van der Waals surface area contributed by atoms with E-state index in [1.54, 1.807) is 24.3 Å². The maximum absolute atomic E-state index is 12.5. The molecule has 2 aromatic carbocycles. The van der Waals surface area contributed by atoms with Gasteiger partial charge < -0.3 is 10.6 Å². The highest BCUT2D eigenvalue weighted by atomic mass is 32.1. The Kier molecular flexibility index (Phi) is 4.62. The van der Waals surface area contributed by atoms with Crippen LogP contribution >= 0.6 is 11.5 Å². The number of amides is 2. The molecule has 0 aliphatic rings. The maximum Gasteiger partial charge on any atom is 0.269 e. The molecule has 1 heterocycles. The minimum Gasteiger partial charge on any atom is -0.326 e. The third-order valence-electron chi connectivity index (χ3n) is 3.18. The summed E-state index contributed by atoms with van der Waals surface area (Å²) in [7, 11) is 0. The topological polar surface area (TPSA) is 84.0 Å². The zero-order valence-corrected chi connectivity index (χ0v) is 13.6. The van der Waals surface area contributed by atoms with Crippen LogP contribution in [-0.2, 0) is 4.79 Å². The molecule has 0 unspecified atom stereocenters. The van der Waals surface area contributed by atoms with Gasteiger partial charge in [-0.25, -0.2) is 0 Å². The fourth-order valence-corrected chi connectivity index (χ4v) is 2.77. The molecule has 120 valence electrons. The van der Waals surface area contributed by atoms with Gasteiger partial charge in [-0.2, -0.15) is 0 Å². The molecule has 0 atom stereocenters. The number of anilines is 2. The molecular weight excluding hydrogens is 324 g/mol. The van der Waals surface area contributed by atoms with Crippen LogP contribution in [0.15, 0.2) is 54.6 Å². The molecule has 0 saturated carbocycles. The van der Waals surface area contributed by atoms with Gasteiger partial charge in [-0.3, -0.25) is 9.59 Å². The molecule has 3 rings (SSSR count). The Morgan fingerprint density at radius 1 is 0.958 bits per heavy atom.